The molecule has 0 spiro atoms. The van der Waals surface area contributed by atoms with Crippen molar-refractivity contribution in [2.45, 2.75) is 6.54 Å². The summed E-state index contributed by atoms with van der Waals surface area (Å²) in [6, 6.07) is 8.02. The Bertz CT molecular complexity index is 715. The quantitative estimate of drug-likeness (QED) is 0.760. The van der Waals surface area contributed by atoms with Crippen molar-refractivity contribution in [3.8, 4) is 17.6 Å². The van der Waals surface area contributed by atoms with Crippen molar-refractivity contribution in [3.63, 3.8) is 0 Å². The Morgan fingerprint density at radius 1 is 1.33 bits per heavy atom. The molecule has 0 aliphatic heterocycles. The van der Waals surface area contributed by atoms with Gasteiger partial charge < -0.3 is 15.5 Å². The molecule has 6 heteroatoms. The highest BCUT2D eigenvalue weighted by molar-refractivity contribution is 7.12. The molecule has 1 aromatic carbocycles. The monoisotopic (exact) mass is 321 g/mol. The average molecular weight is 322 g/mol. The molecule has 4 nitrogen and oxygen atoms in total. The molecule has 1 heterocycles. The van der Waals surface area contributed by atoms with Crippen LogP contribution in [0.25, 0.3) is 0 Å². The maximum absolute atomic E-state index is 12.0. The Morgan fingerprint density at radius 2 is 2.14 bits per heavy atom. The van der Waals surface area contributed by atoms with E-state index in [-0.39, 0.29) is 23.8 Å². The fourth-order valence-corrected chi connectivity index (χ4v) is 2.61. The molecule has 21 heavy (non-hydrogen) atoms. The number of carbonyl (C=O) groups is 1. The summed E-state index contributed by atoms with van der Waals surface area (Å²) in [5, 5.41) is 21.4. The highest BCUT2D eigenvalue weighted by atomic mass is 35.5. The predicted molar refractivity (Wildman–Crippen MR) is 82.6 cm³/mol. The molecule has 108 valence electrons. The number of rotatable bonds is 3. The lowest BCUT2D eigenvalue weighted by molar-refractivity contribution is 0.0948. The number of hydrogen-bond acceptors (Lipinski definition) is 4. The predicted octanol–water partition coefficient (Wildman–Crippen LogP) is 2.38. The van der Waals surface area contributed by atoms with E-state index in [2.05, 4.69) is 17.2 Å². The van der Waals surface area contributed by atoms with Gasteiger partial charge in [0.15, 0.2) is 0 Å². The van der Waals surface area contributed by atoms with Crippen LogP contribution in [-0.2, 0) is 6.54 Å². The number of phenols is 1. The third kappa shape index (κ3) is 4.23. The van der Waals surface area contributed by atoms with Gasteiger partial charge in [0.2, 0.25) is 0 Å². The minimum atomic E-state index is -0.374. The lowest BCUT2D eigenvalue weighted by Gasteiger charge is -2.05. The molecule has 0 saturated carbocycles. The number of hydrogen-bond donors (Lipinski definition) is 3. The third-order valence-electron chi connectivity index (χ3n) is 2.58. The van der Waals surface area contributed by atoms with Gasteiger partial charge in [0, 0.05) is 9.90 Å². The zero-order valence-corrected chi connectivity index (χ0v) is 12.5. The van der Waals surface area contributed by atoms with Gasteiger partial charge in [-0.1, -0.05) is 23.4 Å². The molecule has 1 aromatic heterocycles. The Kier molecular flexibility index (Phi) is 5.23. The van der Waals surface area contributed by atoms with E-state index in [4.69, 9.17) is 16.7 Å². The molecule has 1 amide bonds. The normalized spacial score (nSPS) is 9.81. The van der Waals surface area contributed by atoms with Crippen LogP contribution >= 0.6 is 22.9 Å². The van der Waals surface area contributed by atoms with Crippen molar-refractivity contribution in [3.05, 3.63) is 50.7 Å². The standard InChI is InChI=1S/C15H12ClNO3S/c16-10-3-6-13(14(19)8-10)15(20)17-9-12-5-4-11(21-12)2-1-7-18/h3-6,8,18-19H,7,9H2,(H,17,20). The maximum Gasteiger partial charge on any atom is 0.255 e. The van der Waals surface area contributed by atoms with Gasteiger partial charge in [-0.05, 0) is 30.3 Å². The molecule has 0 aliphatic rings. The van der Waals surface area contributed by atoms with E-state index in [1.165, 1.54) is 23.5 Å². The number of nitrogens with one attached hydrogen (secondary N) is 1. The average Bonchev–Trinajstić information content (AvgIpc) is 2.90. The van der Waals surface area contributed by atoms with Gasteiger partial charge >= 0.3 is 0 Å². The molecule has 2 rings (SSSR count). The van der Waals surface area contributed by atoms with Gasteiger partial charge in [-0.3, -0.25) is 4.79 Å². The van der Waals surface area contributed by atoms with Crippen LogP contribution in [0.5, 0.6) is 5.75 Å². The first-order valence-electron chi connectivity index (χ1n) is 6.05. The fourth-order valence-electron chi connectivity index (χ4n) is 1.63. The van der Waals surface area contributed by atoms with Crippen LogP contribution in [-0.4, -0.2) is 22.7 Å². The van der Waals surface area contributed by atoms with Crippen molar-refractivity contribution in [1.29, 1.82) is 0 Å². The number of aliphatic hydroxyl groups is 1. The lowest BCUT2D eigenvalue weighted by atomic mass is 10.2. The lowest BCUT2D eigenvalue weighted by Crippen LogP contribution is -2.22. The first-order chi connectivity index (χ1) is 10.1. The van der Waals surface area contributed by atoms with Gasteiger partial charge in [-0.15, -0.1) is 11.3 Å². The number of thiophene rings is 1. The summed E-state index contributed by atoms with van der Waals surface area (Å²) in [5.74, 6) is 4.84. The van der Waals surface area contributed by atoms with Crippen LogP contribution in [0.1, 0.15) is 20.1 Å². The second-order valence-corrected chi connectivity index (χ2v) is 5.67. The highest BCUT2D eigenvalue weighted by Crippen LogP contribution is 2.22. The first-order valence-corrected chi connectivity index (χ1v) is 7.25. The maximum atomic E-state index is 12.0. The Labute approximate surface area is 131 Å². The Balaban J connectivity index is 1.99. The number of halogens is 1. The summed E-state index contributed by atoms with van der Waals surface area (Å²) >= 11 is 7.15. The number of aliphatic hydroxyl groups excluding tert-OH is 1. The highest BCUT2D eigenvalue weighted by Gasteiger charge is 2.11. The van der Waals surface area contributed by atoms with Gasteiger partial charge in [0.25, 0.3) is 5.91 Å². The molecular formula is C15H12ClNO3S. The molecule has 3 N–H and O–H groups in total. The topological polar surface area (TPSA) is 69.6 Å². The Hall–Kier alpha value is -2.00. The molecule has 0 atom stereocenters. The fraction of sp³-hybridized carbons (Fsp3) is 0.133. The largest absolute Gasteiger partial charge is 0.507 e. The number of carbonyl (C=O) groups excluding carboxylic acids is 1. The molecule has 0 radical (unpaired) electrons. The zero-order chi connectivity index (χ0) is 15.2. The molecular weight excluding hydrogens is 310 g/mol. The van der Waals surface area contributed by atoms with Crippen molar-refractivity contribution < 1.29 is 15.0 Å². The Morgan fingerprint density at radius 3 is 2.86 bits per heavy atom. The second kappa shape index (κ2) is 7.14. The van der Waals surface area contributed by atoms with Crippen molar-refractivity contribution in [1.82, 2.24) is 5.32 Å². The molecule has 0 fully saturated rings. The van der Waals surface area contributed by atoms with Gasteiger partial charge in [-0.25, -0.2) is 0 Å². The zero-order valence-electron chi connectivity index (χ0n) is 10.9. The van der Waals surface area contributed by atoms with E-state index in [0.717, 1.165) is 9.75 Å². The van der Waals surface area contributed by atoms with Crippen LogP contribution in [0.3, 0.4) is 0 Å². The van der Waals surface area contributed by atoms with Crippen LogP contribution < -0.4 is 5.32 Å². The van der Waals surface area contributed by atoms with Crippen LogP contribution in [0, 0.1) is 11.8 Å². The molecule has 0 aliphatic carbocycles. The smallest absolute Gasteiger partial charge is 0.255 e. The van der Waals surface area contributed by atoms with E-state index in [1.54, 1.807) is 6.07 Å². The van der Waals surface area contributed by atoms with Crippen LogP contribution in [0.4, 0.5) is 0 Å². The molecule has 0 bridgehead atoms. The summed E-state index contributed by atoms with van der Waals surface area (Å²) in [5.41, 5.74) is 0.177. The SMILES string of the molecule is O=C(NCc1ccc(C#CCO)s1)c1ccc(Cl)cc1O. The summed E-state index contributed by atoms with van der Waals surface area (Å²) in [6.07, 6.45) is 0. The van der Waals surface area contributed by atoms with E-state index >= 15 is 0 Å². The first kappa shape index (κ1) is 15.4. The van der Waals surface area contributed by atoms with Gasteiger partial charge in [-0.2, -0.15) is 0 Å². The number of benzene rings is 1. The van der Waals surface area contributed by atoms with E-state index in [0.29, 0.717) is 11.6 Å². The van der Waals surface area contributed by atoms with E-state index in [9.17, 15) is 9.90 Å². The molecule has 2 aromatic rings. The number of amides is 1. The third-order valence-corrected chi connectivity index (χ3v) is 3.82. The van der Waals surface area contributed by atoms with E-state index < -0.39 is 0 Å². The van der Waals surface area contributed by atoms with Crippen LogP contribution in [0.15, 0.2) is 30.3 Å². The number of aromatic hydroxyl groups is 1. The molecule has 0 saturated heterocycles. The van der Waals surface area contributed by atoms with Crippen molar-refractivity contribution >= 4 is 28.8 Å². The van der Waals surface area contributed by atoms with Gasteiger partial charge in [0.05, 0.1) is 17.0 Å². The van der Waals surface area contributed by atoms with Crippen molar-refractivity contribution in [2.24, 2.45) is 0 Å². The molecule has 0 unspecified atom stereocenters. The van der Waals surface area contributed by atoms with Crippen LogP contribution in [0.2, 0.25) is 5.02 Å². The van der Waals surface area contributed by atoms with Gasteiger partial charge in [0.1, 0.15) is 12.4 Å². The minimum Gasteiger partial charge on any atom is -0.507 e. The minimum absolute atomic E-state index is 0.152. The number of phenolic OH excluding ortho intramolecular Hbond substituents is 1. The summed E-state index contributed by atoms with van der Waals surface area (Å²) in [7, 11) is 0. The van der Waals surface area contributed by atoms with Crippen molar-refractivity contribution in [2.75, 3.05) is 6.61 Å². The summed E-state index contributed by atoms with van der Waals surface area (Å²) in [6.45, 7) is 0.159. The summed E-state index contributed by atoms with van der Waals surface area (Å²) in [4.78, 5) is 13.7. The summed E-state index contributed by atoms with van der Waals surface area (Å²) < 4.78 is 0. The second-order valence-electron chi connectivity index (χ2n) is 4.07. The van der Waals surface area contributed by atoms with E-state index in [1.807, 2.05) is 12.1 Å².